The summed E-state index contributed by atoms with van der Waals surface area (Å²) in [6, 6.07) is 7.35. The summed E-state index contributed by atoms with van der Waals surface area (Å²) >= 11 is 0. The topological polar surface area (TPSA) is 61.6 Å². The highest BCUT2D eigenvalue weighted by molar-refractivity contribution is 5.93. The zero-order chi connectivity index (χ0) is 14.4. The smallest absolute Gasteiger partial charge is 0.225 e. The molecule has 7 heteroatoms. The van der Waals surface area contributed by atoms with Crippen molar-refractivity contribution in [3.8, 4) is 0 Å². The van der Waals surface area contributed by atoms with Crippen LogP contribution >= 0.6 is 24.8 Å². The third kappa shape index (κ3) is 6.40. The van der Waals surface area contributed by atoms with Crippen molar-refractivity contribution in [3.63, 3.8) is 0 Å². The average Bonchev–Trinajstić information content (AvgIpc) is 2.48. The van der Waals surface area contributed by atoms with E-state index in [1.54, 1.807) is 6.07 Å². The van der Waals surface area contributed by atoms with Gasteiger partial charge in [-0.1, -0.05) is 19.1 Å². The van der Waals surface area contributed by atoms with E-state index in [-0.39, 0.29) is 30.7 Å². The highest BCUT2D eigenvalue weighted by atomic mass is 35.5. The minimum Gasteiger partial charge on any atom is -0.397 e. The molecule has 1 fully saturated rings. The number of carbonyl (C=O) groups excluding carboxylic acids is 1. The molecule has 22 heavy (non-hydrogen) atoms. The number of piperazine rings is 1. The Morgan fingerprint density at radius 1 is 1.14 bits per heavy atom. The molecule has 0 aromatic heterocycles. The van der Waals surface area contributed by atoms with E-state index in [9.17, 15) is 4.79 Å². The molecule has 0 bridgehead atoms. The lowest BCUT2D eigenvalue weighted by Gasteiger charge is -2.33. The summed E-state index contributed by atoms with van der Waals surface area (Å²) < 4.78 is 0. The molecule has 3 N–H and O–H groups in total. The Labute approximate surface area is 145 Å². The fourth-order valence-corrected chi connectivity index (χ4v) is 2.41. The first-order valence-corrected chi connectivity index (χ1v) is 7.28. The Kier molecular flexibility index (Phi) is 10.2. The lowest BCUT2D eigenvalue weighted by atomic mass is 10.2. The van der Waals surface area contributed by atoms with Crippen molar-refractivity contribution in [1.82, 2.24) is 9.80 Å². The largest absolute Gasteiger partial charge is 0.397 e. The molecule has 1 heterocycles. The van der Waals surface area contributed by atoms with Gasteiger partial charge in [0.1, 0.15) is 0 Å². The number of halogens is 2. The predicted molar refractivity (Wildman–Crippen MR) is 97.2 cm³/mol. The monoisotopic (exact) mass is 348 g/mol. The van der Waals surface area contributed by atoms with Gasteiger partial charge in [0.25, 0.3) is 0 Å². The van der Waals surface area contributed by atoms with Crippen LogP contribution in [0.25, 0.3) is 0 Å². The number of nitrogens with zero attached hydrogens (tertiary/aromatic N) is 2. The van der Waals surface area contributed by atoms with Crippen molar-refractivity contribution in [3.05, 3.63) is 24.3 Å². The summed E-state index contributed by atoms with van der Waals surface area (Å²) in [6.07, 6.45) is 0.514. The minimum atomic E-state index is 0. The lowest BCUT2D eigenvalue weighted by molar-refractivity contribution is -0.116. The third-order valence-corrected chi connectivity index (χ3v) is 3.80. The summed E-state index contributed by atoms with van der Waals surface area (Å²) in [7, 11) is 0. The second-order valence-corrected chi connectivity index (χ2v) is 5.16. The number of benzene rings is 1. The van der Waals surface area contributed by atoms with Crippen molar-refractivity contribution in [2.24, 2.45) is 0 Å². The molecular weight excluding hydrogens is 323 g/mol. The molecule has 1 aliphatic rings. The van der Waals surface area contributed by atoms with Crippen molar-refractivity contribution in [2.45, 2.75) is 13.3 Å². The molecule has 0 unspecified atom stereocenters. The van der Waals surface area contributed by atoms with Gasteiger partial charge in [-0.3, -0.25) is 4.79 Å². The first-order valence-electron chi connectivity index (χ1n) is 7.28. The number of nitrogens with one attached hydrogen (secondary N) is 1. The van der Waals surface area contributed by atoms with E-state index in [1.165, 1.54) is 0 Å². The molecule has 1 aromatic rings. The number of hydrogen-bond acceptors (Lipinski definition) is 4. The van der Waals surface area contributed by atoms with Crippen LogP contribution in [0.15, 0.2) is 24.3 Å². The molecular formula is C15H26Cl2N4O. The van der Waals surface area contributed by atoms with Crippen LogP contribution in [0, 0.1) is 0 Å². The molecule has 126 valence electrons. The average molecular weight is 349 g/mol. The Hall–Kier alpha value is -1.01. The second-order valence-electron chi connectivity index (χ2n) is 5.16. The first-order chi connectivity index (χ1) is 9.69. The molecule has 1 aliphatic heterocycles. The molecule has 1 saturated heterocycles. The maximum Gasteiger partial charge on any atom is 0.225 e. The number of nitrogens with two attached hydrogens (primary N) is 1. The van der Waals surface area contributed by atoms with Crippen molar-refractivity contribution in [1.29, 1.82) is 0 Å². The van der Waals surface area contributed by atoms with Crippen LogP contribution < -0.4 is 11.1 Å². The number of likely N-dealkylation sites (N-methyl/N-ethyl adjacent to an activating group) is 1. The van der Waals surface area contributed by atoms with Crippen LogP contribution in [0.1, 0.15) is 13.3 Å². The molecule has 0 spiro atoms. The van der Waals surface area contributed by atoms with Gasteiger partial charge in [0.05, 0.1) is 11.4 Å². The standard InChI is InChI=1S/C15H24N4O.2ClH/c1-2-18-9-11-19(12-10-18)8-7-15(20)17-14-6-4-3-5-13(14)16;;/h3-6H,2,7-12,16H2,1H3,(H,17,20);2*1H. The van der Waals surface area contributed by atoms with E-state index in [0.29, 0.717) is 17.8 Å². The molecule has 1 aromatic carbocycles. The molecule has 2 rings (SSSR count). The number of nitrogen functional groups attached to an aromatic ring is 1. The molecule has 0 saturated carbocycles. The normalized spacial score (nSPS) is 15.5. The number of anilines is 2. The maximum absolute atomic E-state index is 11.9. The Morgan fingerprint density at radius 3 is 2.32 bits per heavy atom. The summed E-state index contributed by atoms with van der Waals surface area (Å²) in [4.78, 5) is 16.7. The van der Waals surface area contributed by atoms with Crippen LogP contribution in [-0.4, -0.2) is 55.0 Å². The fourth-order valence-electron chi connectivity index (χ4n) is 2.41. The zero-order valence-electron chi connectivity index (χ0n) is 13.0. The number of carbonyl (C=O) groups is 1. The van der Waals surface area contributed by atoms with Gasteiger partial charge < -0.3 is 20.9 Å². The minimum absolute atomic E-state index is 0. The van der Waals surface area contributed by atoms with Gasteiger partial charge in [0.2, 0.25) is 5.91 Å². The highest BCUT2D eigenvalue weighted by Crippen LogP contribution is 2.16. The van der Waals surface area contributed by atoms with Crippen molar-refractivity contribution >= 4 is 42.1 Å². The van der Waals surface area contributed by atoms with Gasteiger partial charge >= 0.3 is 0 Å². The van der Waals surface area contributed by atoms with E-state index >= 15 is 0 Å². The van der Waals surface area contributed by atoms with Gasteiger partial charge in [-0.2, -0.15) is 0 Å². The number of amides is 1. The number of para-hydroxylation sites is 2. The van der Waals surface area contributed by atoms with Gasteiger partial charge in [-0.05, 0) is 18.7 Å². The summed E-state index contributed by atoms with van der Waals surface area (Å²) in [5, 5.41) is 2.87. The fraction of sp³-hybridized carbons (Fsp3) is 0.533. The van der Waals surface area contributed by atoms with Crippen molar-refractivity contribution in [2.75, 3.05) is 50.3 Å². The van der Waals surface area contributed by atoms with E-state index in [2.05, 4.69) is 22.0 Å². The predicted octanol–water partition coefficient (Wildman–Crippen LogP) is 2.08. The second kappa shape index (κ2) is 10.7. The van der Waals surface area contributed by atoms with Gasteiger partial charge in [-0.15, -0.1) is 24.8 Å². The number of rotatable bonds is 5. The molecule has 0 atom stereocenters. The summed E-state index contributed by atoms with van der Waals surface area (Å²) in [6.45, 7) is 8.42. The molecule has 5 nitrogen and oxygen atoms in total. The lowest BCUT2D eigenvalue weighted by Crippen LogP contribution is -2.46. The van der Waals surface area contributed by atoms with E-state index in [1.807, 2.05) is 18.2 Å². The van der Waals surface area contributed by atoms with Gasteiger partial charge in [-0.25, -0.2) is 0 Å². The highest BCUT2D eigenvalue weighted by Gasteiger charge is 2.16. The van der Waals surface area contributed by atoms with Gasteiger partial charge in [0, 0.05) is 39.1 Å². The van der Waals surface area contributed by atoms with E-state index in [4.69, 9.17) is 5.73 Å². The van der Waals surface area contributed by atoms with Crippen LogP contribution in [0.4, 0.5) is 11.4 Å². The van der Waals surface area contributed by atoms with Crippen LogP contribution in [0.5, 0.6) is 0 Å². The maximum atomic E-state index is 11.9. The molecule has 0 aliphatic carbocycles. The summed E-state index contributed by atoms with van der Waals surface area (Å²) in [5.41, 5.74) is 7.12. The molecule has 0 radical (unpaired) electrons. The Bertz CT molecular complexity index is 451. The number of hydrogen-bond donors (Lipinski definition) is 2. The Balaban J connectivity index is 0.00000220. The van der Waals surface area contributed by atoms with Gasteiger partial charge in [0.15, 0.2) is 0 Å². The van der Waals surface area contributed by atoms with Crippen LogP contribution in [0.3, 0.4) is 0 Å². The Morgan fingerprint density at radius 2 is 1.73 bits per heavy atom. The third-order valence-electron chi connectivity index (χ3n) is 3.80. The SMILES string of the molecule is CCN1CCN(CCC(=O)Nc2ccccc2N)CC1.Cl.Cl. The zero-order valence-corrected chi connectivity index (χ0v) is 14.6. The molecule has 1 amide bonds. The first kappa shape index (κ1) is 21.0. The van der Waals surface area contributed by atoms with E-state index < -0.39 is 0 Å². The quantitative estimate of drug-likeness (QED) is 0.799. The van der Waals surface area contributed by atoms with E-state index in [0.717, 1.165) is 39.3 Å². The van der Waals surface area contributed by atoms with Crippen LogP contribution in [-0.2, 0) is 4.79 Å². The van der Waals surface area contributed by atoms with Crippen molar-refractivity contribution < 1.29 is 4.79 Å². The summed E-state index contributed by atoms with van der Waals surface area (Å²) in [5.74, 6) is 0.0285. The van der Waals surface area contributed by atoms with Crippen LogP contribution in [0.2, 0.25) is 0 Å².